The number of hydrogen-bond donors (Lipinski definition) is 2. The largest absolute Gasteiger partial charge is 0.354 e. The van der Waals surface area contributed by atoms with E-state index in [9.17, 15) is 9.59 Å². The highest BCUT2D eigenvalue weighted by atomic mass is 32.2. The molecule has 2 N–H and O–H groups in total. The highest BCUT2D eigenvalue weighted by Gasteiger charge is 2.05. The van der Waals surface area contributed by atoms with E-state index in [2.05, 4.69) is 20.6 Å². The molecule has 8 heteroatoms. The molecule has 0 atom stereocenters. The minimum atomic E-state index is -0.0808. The topological polar surface area (TPSA) is 84.0 Å². The zero-order valence-corrected chi connectivity index (χ0v) is 14.6. The summed E-state index contributed by atoms with van der Waals surface area (Å²) in [6.07, 6.45) is 3.39. The fraction of sp³-hybridized carbons (Fsp3) is 0.250. The van der Waals surface area contributed by atoms with Gasteiger partial charge >= 0.3 is 0 Å². The van der Waals surface area contributed by atoms with Crippen molar-refractivity contribution in [2.24, 2.45) is 0 Å². The second-order valence-electron chi connectivity index (χ2n) is 4.61. The maximum Gasteiger partial charge on any atom is 0.230 e. The van der Waals surface area contributed by atoms with Gasteiger partial charge in [0.15, 0.2) is 0 Å². The van der Waals surface area contributed by atoms with Crippen LogP contribution in [0.15, 0.2) is 58.8 Å². The lowest BCUT2D eigenvalue weighted by Gasteiger charge is -2.07. The van der Waals surface area contributed by atoms with Crippen LogP contribution in [0.1, 0.15) is 0 Å². The molecule has 126 valence electrons. The van der Waals surface area contributed by atoms with E-state index in [0.29, 0.717) is 24.6 Å². The lowest BCUT2D eigenvalue weighted by Crippen LogP contribution is -2.36. The first-order valence-electron chi connectivity index (χ1n) is 7.35. The molecule has 2 amide bonds. The van der Waals surface area contributed by atoms with Gasteiger partial charge < -0.3 is 10.6 Å². The molecule has 2 aromatic rings. The molecule has 2 aromatic heterocycles. The Morgan fingerprint density at radius 1 is 0.792 bits per heavy atom. The summed E-state index contributed by atoms with van der Waals surface area (Å²) in [7, 11) is 0. The third-order valence-corrected chi connectivity index (χ3v) is 4.63. The molecule has 24 heavy (non-hydrogen) atoms. The highest BCUT2D eigenvalue weighted by Crippen LogP contribution is 2.13. The van der Waals surface area contributed by atoms with Crippen LogP contribution in [0.25, 0.3) is 0 Å². The molecule has 0 aliphatic carbocycles. The van der Waals surface area contributed by atoms with E-state index in [4.69, 9.17) is 0 Å². The van der Waals surface area contributed by atoms with E-state index < -0.39 is 0 Å². The number of hydrogen-bond acceptors (Lipinski definition) is 6. The fourth-order valence-electron chi connectivity index (χ4n) is 1.65. The molecule has 6 nitrogen and oxygen atoms in total. The van der Waals surface area contributed by atoms with Gasteiger partial charge in [0.05, 0.1) is 21.6 Å². The molecule has 0 saturated carbocycles. The summed E-state index contributed by atoms with van der Waals surface area (Å²) in [6.45, 7) is 0.809. The van der Waals surface area contributed by atoms with E-state index in [1.165, 1.54) is 23.5 Å². The maximum atomic E-state index is 11.7. The van der Waals surface area contributed by atoms with E-state index in [-0.39, 0.29) is 11.8 Å². The predicted molar refractivity (Wildman–Crippen MR) is 95.9 cm³/mol. The van der Waals surface area contributed by atoms with Crippen molar-refractivity contribution >= 4 is 35.3 Å². The Bertz CT molecular complexity index is 584. The zero-order valence-electron chi connectivity index (χ0n) is 13.0. The Labute approximate surface area is 149 Å². The van der Waals surface area contributed by atoms with Crippen molar-refractivity contribution in [3.8, 4) is 0 Å². The van der Waals surface area contributed by atoms with Crippen molar-refractivity contribution < 1.29 is 9.59 Å². The van der Waals surface area contributed by atoms with Crippen molar-refractivity contribution in [1.29, 1.82) is 0 Å². The Hall–Kier alpha value is -2.06. The quantitative estimate of drug-likeness (QED) is 0.521. The summed E-state index contributed by atoms with van der Waals surface area (Å²) < 4.78 is 0. The molecular weight excluding hydrogens is 344 g/mol. The number of aromatic nitrogens is 2. The second-order valence-corrected chi connectivity index (χ2v) is 6.60. The average Bonchev–Trinajstić information content (AvgIpc) is 2.63. The van der Waals surface area contributed by atoms with Gasteiger partial charge in [-0.3, -0.25) is 9.59 Å². The van der Waals surface area contributed by atoms with Crippen LogP contribution in [-0.4, -0.2) is 46.4 Å². The minimum absolute atomic E-state index is 0.0808. The first-order chi connectivity index (χ1) is 11.7. The number of nitrogens with zero attached hydrogens (tertiary/aromatic N) is 2. The number of carbonyl (C=O) groups is 2. The summed E-state index contributed by atoms with van der Waals surface area (Å²) in [4.78, 5) is 31.6. The molecule has 0 radical (unpaired) electrons. The van der Waals surface area contributed by atoms with Gasteiger partial charge in [-0.25, -0.2) is 9.97 Å². The van der Waals surface area contributed by atoms with Crippen molar-refractivity contribution in [3.05, 3.63) is 48.8 Å². The monoisotopic (exact) mass is 362 g/mol. The van der Waals surface area contributed by atoms with Crippen LogP contribution < -0.4 is 10.6 Å². The molecule has 2 rings (SSSR count). The van der Waals surface area contributed by atoms with Crippen molar-refractivity contribution in [2.75, 3.05) is 24.6 Å². The number of nitrogens with one attached hydrogen (secondary N) is 2. The lowest BCUT2D eigenvalue weighted by molar-refractivity contribution is -0.120. The Kier molecular flexibility index (Phi) is 8.12. The third-order valence-electron chi connectivity index (χ3n) is 2.75. The molecule has 0 aromatic carbocycles. The van der Waals surface area contributed by atoms with E-state index in [0.717, 1.165) is 10.1 Å². The van der Waals surface area contributed by atoms with Crippen LogP contribution in [0.4, 0.5) is 0 Å². The Morgan fingerprint density at radius 2 is 1.25 bits per heavy atom. The highest BCUT2D eigenvalue weighted by molar-refractivity contribution is 8.00. The normalized spacial score (nSPS) is 10.2. The van der Waals surface area contributed by atoms with Gasteiger partial charge in [-0.15, -0.1) is 0 Å². The lowest BCUT2D eigenvalue weighted by atomic mass is 10.5. The molecule has 0 aliphatic heterocycles. The van der Waals surface area contributed by atoms with Crippen LogP contribution in [0.3, 0.4) is 0 Å². The number of rotatable bonds is 9. The molecule has 0 unspecified atom stereocenters. The molecule has 0 spiro atoms. The Morgan fingerprint density at radius 3 is 1.62 bits per heavy atom. The van der Waals surface area contributed by atoms with Gasteiger partial charge in [0.1, 0.15) is 0 Å². The zero-order chi connectivity index (χ0) is 17.0. The predicted octanol–water partition coefficient (Wildman–Crippen LogP) is 1.59. The standard InChI is InChI=1S/C16H18N4O2S2/c21-13(11-23-15-5-1-3-7-19-15)17-9-10-18-14(22)12-24-16-6-2-4-8-20-16/h1-8H,9-12H2,(H,17,21)(H,18,22). The van der Waals surface area contributed by atoms with Crippen molar-refractivity contribution in [3.63, 3.8) is 0 Å². The van der Waals surface area contributed by atoms with Crippen LogP contribution in [0.5, 0.6) is 0 Å². The van der Waals surface area contributed by atoms with Crippen LogP contribution in [0.2, 0.25) is 0 Å². The summed E-state index contributed by atoms with van der Waals surface area (Å²) >= 11 is 2.76. The van der Waals surface area contributed by atoms with E-state index in [1.807, 2.05) is 36.4 Å². The van der Waals surface area contributed by atoms with Crippen LogP contribution in [0, 0.1) is 0 Å². The second kappa shape index (κ2) is 10.7. The molecule has 0 aliphatic rings. The number of pyridine rings is 2. The first kappa shape index (κ1) is 18.3. The molecule has 2 heterocycles. The van der Waals surface area contributed by atoms with E-state index >= 15 is 0 Å². The van der Waals surface area contributed by atoms with Crippen molar-refractivity contribution in [1.82, 2.24) is 20.6 Å². The SMILES string of the molecule is O=C(CSc1ccccn1)NCCNC(=O)CSc1ccccn1. The molecule has 0 bridgehead atoms. The molecular formula is C16H18N4O2S2. The fourth-order valence-corrected chi connectivity index (χ4v) is 3.03. The summed E-state index contributed by atoms with van der Waals surface area (Å²) in [5.41, 5.74) is 0. The molecule has 0 saturated heterocycles. The average molecular weight is 362 g/mol. The van der Waals surface area contributed by atoms with Gasteiger partial charge in [-0.05, 0) is 24.3 Å². The van der Waals surface area contributed by atoms with Gasteiger partial charge in [-0.1, -0.05) is 35.7 Å². The van der Waals surface area contributed by atoms with Crippen molar-refractivity contribution in [2.45, 2.75) is 10.1 Å². The van der Waals surface area contributed by atoms with Crippen LogP contribution in [-0.2, 0) is 9.59 Å². The van der Waals surface area contributed by atoms with Crippen LogP contribution >= 0.6 is 23.5 Å². The molecule has 0 fully saturated rings. The van der Waals surface area contributed by atoms with E-state index in [1.54, 1.807) is 12.4 Å². The summed E-state index contributed by atoms with van der Waals surface area (Å²) in [6, 6.07) is 11.1. The number of amides is 2. The first-order valence-corrected chi connectivity index (χ1v) is 9.32. The smallest absolute Gasteiger partial charge is 0.230 e. The number of carbonyl (C=O) groups excluding carboxylic acids is 2. The minimum Gasteiger partial charge on any atom is -0.354 e. The van der Waals surface area contributed by atoms with Gasteiger partial charge in [0.25, 0.3) is 0 Å². The van der Waals surface area contributed by atoms with Gasteiger partial charge in [0.2, 0.25) is 11.8 Å². The van der Waals surface area contributed by atoms with Gasteiger partial charge in [-0.2, -0.15) is 0 Å². The summed E-state index contributed by atoms with van der Waals surface area (Å²) in [5.74, 6) is 0.451. The Balaban J connectivity index is 1.52. The number of thioether (sulfide) groups is 2. The maximum absolute atomic E-state index is 11.7. The van der Waals surface area contributed by atoms with Gasteiger partial charge in [0, 0.05) is 25.5 Å². The summed E-state index contributed by atoms with van der Waals surface area (Å²) in [5, 5.41) is 7.15. The third kappa shape index (κ3) is 7.47.